The van der Waals surface area contributed by atoms with E-state index in [1.807, 2.05) is 0 Å². The van der Waals surface area contributed by atoms with E-state index in [9.17, 15) is 22.8 Å². The van der Waals surface area contributed by atoms with Gasteiger partial charge in [0, 0.05) is 17.5 Å². The largest absolute Gasteiger partial charge is 0.481 e. The van der Waals surface area contributed by atoms with E-state index in [4.69, 9.17) is 5.11 Å². The highest BCUT2D eigenvalue weighted by atomic mass is 19.4. The number of hydrogen-bond donors (Lipinski definition) is 2. The average molecular weight is 375 g/mol. The molecule has 1 amide bonds. The molecule has 2 aromatic carbocycles. The monoisotopic (exact) mass is 375 g/mol. The Kier molecular flexibility index (Phi) is 6.61. The van der Waals surface area contributed by atoms with Gasteiger partial charge in [0.2, 0.25) is 0 Å². The number of carboxylic acid groups (broad SMARTS) is 1. The van der Waals surface area contributed by atoms with Gasteiger partial charge in [-0.1, -0.05) is 36.3 Å². The minimum absolute atomic E-state index is 0.0726. The van der Waals surface area contributed by atoms with Crippen LogP contribution in [0.2, 0.25) is 0 Å². The molecule has 0 aliphatic heterocycles. The fraction of sp³-hybridized carbons (Fsp3) is 0.200. The molecular formula is C20H16F3NO3. The summed E-state index contributed by atoms with van der Waals surface area (Å²) in [6.07, 6.45) is -4.75. The number of carboxylic acids is 1. The maximum atomic E-state index is 12.6. The third kappa shape index (κ3) is 6.86. The molecule has 2 N–H and O–H groups in total. The van der Waals surface area contributed by atoms with Gasteiger partial charge < -0.3 is 10.4 Å². The molecule has 1 unspecified atom stereocenters. The highest BCUT2D eigenvalue weighted by Gasteiger charge is 2.30. The molecule has 0 aliphatic carbocycles. The zero-order chi connectivity index (χ0) is 19.9. The maximum Gasteiger partial charge on any atom is 0.416 e. The summed E-state index contributed by atoms with van der Waals surface area (Å²) in [7, 11) is 0. The van der Waals surface area contributed by atoms with Gasteiger partial charge in [0.1, 0.15) is 0 Å². The molecule has 0 fully saturated rings. The standard InChI is InChI=1S/C20H16F3NO3/c21-20(22,23)16-9-6-15(7-10-16)12-17(13-19(26)27)24-18(25)11-8-14-4-2-1-3-5-14/h1-7,9-10,17H,12-13H2,(H,24,25)(H,26,27). The van der Waals surface area contributed by atoms with E-state index < -0.39 is 29.7 Å². The zero-order valence-corrected chi connectivity index (χ0v) is 14.1. The Balaban J connectivity index is 2.05. The fourth-order valence-electron chi connectivity index (χ4n) is 2.37. The van der Waals surface area contributed by atoms with Gasteiger partial charge in [-0.05, 0) is 36.2 Å². The van der Waals surface area contributed by atoms with Crippen molar-refractivity contribution in [1.29, 1.82) is 0 Å². The van der Waals surface area contributed by atoms with Crippen molar-refractivity contribution in [1.82, 2.24) is 5.32 Å². The van der Waals surface area contributed by atoms with Crippen LogP contribution < -0.4 is 5.32 Å². The van der Waals surface area contributed by atoms with Gasteiger partial charge in [-0.15, -0.1) is 0 Å². The predicted octanol–water partition coefficient (Wildman–Crippen LogP) is 3.26. The SMILES string of the molecule is O=C(O)CC(Cc1ccc(C(F)(F)F)cc1)NC(=O)C#Cc1ccccc1. The van der Waals surface area contributed by atoms with E-state index in [-0.39, 0.29) is 12.8 Å². The van der Waals surface area contributed by atoms with Gasteiger partial charge >= 0.3 is 12.1 Å². The Morgan fingerprint density at radius 3 is 2.22 bits per heavy atom. The van der Waals surface area contributed by atoms with Crippen molar-refractivity contribution in [2.75, 3.05) is 0 Å². The number of hydrogen-bond acceptors (Lipinski definition) is 2. The molecule has 0 saturated heterocycles. The van der Waals surface area contributed by atoms with Gasteiger partial charge in [0.05, 0.1) is 12.0 Å². The highest BCUT2D eigenvalue weighted by molar-refractivity contribution is 5.94. The molecule has 2 aromatic rings. The second-order valence-electron chi connectivity index (χ2n) is 5.78. The second-order valence-corrected chi connectivity index (χ2v) is 5.78. The maximum absolute atomic E-state index is 12.6. The van der Waals surface area contributed by atoms with Gasteiger partial charge in [-0.3, -0.25) is 9.59 Å². The molecule has 0 radical (unpaired) electrons. The van der Waals surface area contributed by atoms with Gasteiger partial charge in [-0.25, -0.2) is 0 Å². The van der Waals surface area contributed by atoms with Gasteiger partial charge in [-0.2, -0.15) is 13.2 Å². The van der Waals surface area contributed by atoms with Crippen LogP contribution in [-0.2, 0) is 22.2 Å². The van der Waals surface area contributed by atoms with Crippen LogP contribution in [0.4, 0.5) is 13.2 Å². The minimum atomic E-state index is -4.44. The molecule has 0 spiro atoms. The van der Waals surface area contributed by atoms with Crippen molar-refractivity contribution in [2.45, 2.75) is 25.1 Å². The molecule has 2 rings (SSSR count). The third-order valence-electron chi connectivity index (χ3n) is 3.61. The van der Waals surface area contributed by atoms with Crippen molar-refractivity contribution in [3.05, 3.63) is 71.3 Å². The molecule has 0 saturated carbocycles. The lowest BCUT2D eigenvalue weighted by molar-refractivity contribution is -0.138. The summed E-state index contributed by atoms with van der Waals surface area (Å²) in [6.45, 7) is 0. The minimum Gasteiger partial charge on any atom is -0.481 e. The van der Waals surface area contributed by atoms with E-state index >= 15 is 0 Å². The lowest BCUT2D eigenvalue weighted by atomic mass is 10.0. The normalized spacial score (nSPS) is 11.8. The molecule has 0 bridgehead atoms. The summed E-state index contributed by atoms with van der Waals surface area (Å²) in [5.74, 6) is 3.24. The van der Waals surface area contributed by atoms with Crippen LogP contribution >= 0.6 is 0 Å². The second kappa shape index (κ2) is 8.90. The Labute approximate surface area is 154 Å². The summed E-state index contributed by atoms with van der Waals surface area (Å²) >= 11 is 0. The first-order valence-electron chi connectivity index (χ1n) is 7.99. The first kappa shape index (κ1) is 20.0. The predicted molar refractivity (Wildman–Crippen MR) is 92.7 cm³/mol. The average Bonchev–Trinajstić information content (AvgIpc) is 2.60. The molecule has 140 valence electrons. The van der Waals surface area contributed by atoms with E-state index in [1.165, 1.54) is 12.1 Å². The lowest BCUT2D eigenvalue weighted by Crippen LogP contribution is -2.37. The highest BCUT2D eigenvalue weighted by Crippen LogP contribution is 2.29. The Bertz CT molecular complexity index is 850. The number of amides is 1. The van der Waals surface area contributed by atoms with Crippen LogP contribution in [0, 0.1) is 11.8 Å². The van der Waals surface area contributed by atoms with Crippen LogP contribution in [0.3, 0.4) is 0 Å². The summed E-state index contributed by atoms with van der Waals surface area (Å²) < 4.78 is 37.8. The van der Waals surface area contributed by atoms with Crippen molar-refractivity contribution in [2.24, 2.45) is 0 Å². The quantitative estimate of drug-likeness (QED) is 0.789. The van der Waals surface area contributed by atoms with Crippen LogP contribution in [0.25, 0.3) is 0 Å². The molecule has 4 nitrogen and oxygen atoms in total. The molecular weight excluding hydrogens is 359 g/mol. The third-order valence-corrected chi connectivity index (χ3v) is 3.61. The Hall–Kier alpha value is -3.27. The van der Waals surface area contributed by atoms with E-state index in [0.717, 1.165) is 12.1 Å². The molecule has 0 aromatic heterocycles. The number of alkyl halides is 3. The van der Waals surface area contributed by atoms with Crippen LogP contribution in [0.5, 0.6) is 0 Å². The van der Waals surface area contributed by atoms with Crippen LogP contribution in [0.1, 0.15) is 23.1 Å². The van der Waals surface area contributed by atoms with Crippen molar-refractivity contribution in [3.8, 4) is 11.8 Å². The number of aliphatic carboxylic acids is 1. The van der Waals surface area contributed by atoms with Gasteiger partial charge in [0.25, 0.3) is 5.91 Å². The number of carbonyl (C=O) groups excluding carboxylic acids is 1. The van der Waals surface area contributed by atoms with E-state index in [0.29, 0.717) is 11.1 Å². The summed E-state index contributed by atoms with van der Waals surface area (Å²) in [4.78, 5) is 23.0. The molecule has 0 heterocycles. The Morgan fingerprint density at radius 1 is 1.04 bits per heavy atom. The van der Waals surface area contributed by atoms with E-state index in [2.05, 4.69) is 17.2 Å². The van der Waals surface area contributed by atoms with Crippen molar-refractivity contribution in [3.63, 3.8) is 0 Å². The smallest absolute Gasteiger partial charge is 0.416 e. The van der Waals surface area contributed by atoms with E-state index in [1.54, 1.807) is 30.3 Å². The molecule has 27 heavy (non-hydrogen) atoms. The number of halogens is 3. The summed E-state index contributed by atoms with van der Waals surface area (Å²) in [5, 5.41) is 11.5. The van der Waals surface area contributed by atoms with Gasteiger partial charge in [0.15, 0.2) is 0 Å². The topological polar surface area (TPSA) is 66.4 Å². The van der Waals surface area contributed by atoms with Crippen LogP contribution in [-0.4, -0.2) is 23.0 Å². The first-order chi connectivity index (χ1) is 12.7. The Morgan fingerprint density at radius 2 is 1.67 bits per heavy atom. The molecule has 1 atom stereocenters. The lowest BCUT2D eigenvalue weighted by Gasteiger charge is -2.16. The molecule has 0 aliphatic rings. The molecule has 7 heteroatoms. The number of rotatable bonds is 5. The fourth-order valence-corrected chi connectivity index (χ4v) is 2.37. The number of benzene rings is 2. The van der Waals surface area contributed by atoms with Crippen LogP contribution in [0.15, 0.2) is 54.6 Å². The zero-order valence-electron chi connectivity index (χ0n) is 14.1. The first-order valence-corrected chi connectivity index (χ1v) is 7.99. The number of carbonyl (C=O) groups is 2. The summed E-state index contributed by atoms with van der Waals surface area (Å²) in [6, 6.07) is 12.3. The van der Waals surface area contributed by atoms with Crippen molar-refractivity contribution < 1.29 is 27.9 Å². The summed E-state index contributed by atoms with van der Waals surface area (Å²) in [5.41, 5.74) is 0.314. The number of nitrogens with one attached hydrogen (secondary N) is 1. The van der Waals surface area contributed by atoms with Crippen molar-refractivity contribution >= 4 is 11.9 Å².